The van der Waals surface area contributed by atoms with Crippen molar-refractivity contribution in [3.05, 3.63) is 58.6 Å². The number of carbonyl (C=O) groups is 1. The topological polar surface area (TPSA) is 68.5 Å². The van der Waals surface area contributed by atoms with E-state index >= 15 is 0 Å². The average Bonchev–Trinajstić information content (AvgIpc) is 3.01. The standard InChI is InChI=1S/C22H25N3O2S/c1-22(2,3)27-21(26)25-12-11-17-19(28-20(23)24-17)18(25)13-15-9-6-8-14-7-4-5-10-16(14)15/h4-10,18H,11-13H2,1-3H3,(H2,23,24). The van der Waals surface area contributed by atoms with Crippen LogP contribution in [0.25, 0.3) is 10.8 Å². The number of hydrogen-bond donors (Lipinski definition) is 1. The van der Waals surface area contributed by atoms with Crippen molar-refractivity contribution in [3.8, 4) is 0 Å². The highest BCUT2D eigenvalue weighted by Gasteiger charge is 2.36. The van der Waals surface area contributed by atoms with Crippen molar-refractivity contribution in [1.29, 1.82) is 0 Å². The number of nitrogens with zero attached hydrogens (tertiary/aromatic N) is 2. The van der Waals surface area contributed by atoms with Crippen molar-refractivity contribution in [3.63, 3.8) is 0 Å². The zero-order valence-electron chi connectivity index (χ0n) is 16.4. The fourth-order valence-electron chi connectivity index (χ4n) is 3.77. The number of hydrogen-bond acceptors (Lipinski definition) is 5. The number of fused-ring (bicyclic) bond motifs is 2. The Balaban J connectivity index is 1.73. The van der Waals surface area contributed by atoms with Crippen molar-refractivity contribution in [2.75, 3.05) is 12.3 Å². The second kappa shape index (κ2) is 7.09. The minimum atomic E-state index is -0.534. The molecule has 146 valence electrons. The van der Waals surface area contributed by atoms with Gasteiger partial charge in [0.05, 0.1) is 16.6 Å². The lowest BCUT2D eigenvalue weighted by atomic mass is 9.94. The largest absolute Gasteiger partial charge is 0.444 e. The summed E-state index contributed by atoms with van der Waals surface area (Å²) in [7, 11) is 0. The molecule has 1 amide bonds. The molecular formula is C22H25N3O2S. The number of nitrogens with two attached hydrogens (primary N) is 1. The van der Waals surface area contributed by atoms with E-state index in [1.54, 1.807) is 0 Å². The molecule has 1 aromatic heterocycles. The Bertz CT molecular complexity index is 1020. The van der Waals surface area contributed by atoms with E-state index in [0.717, 1.165) is 10.6 Å². The number of ether oxygens (including phenoxy) is 1. The van der Waals surface area contributed by atoms with E-state index in [9.17, 15) is 4.79 Å². The van der Waals surface area contributed by atoms with Crippen LogP contribution in [0.15, 0.2) is 42.5 Å². The number of anilines is 1. The third-order valence-electron chi connectivity index (χ3n) is 4.93. The fraction of sp³-hybridized carbons (Fsp3) is 0.364. The van der Waals surface area contributed by atoms with Crippen LogP contribution in [-0.4, -0.2) is 28.1 Å². The van der Waals surface area contributed by atoms with Crippen molar-refractivity contribution in [2.24, 2.45) is 0 Å². The van der Waals surface area contributed by atoms with Gasteiger partial charge >= 0.3 is 6.09 Å². The Morgan fingerprint density at radius 3 is 2.79 bits per heavy atom. The van der Waals surface area contributed by atoms with E-state index in [4.69, 9.17) is 10.5 Å². The maximum absolute atomic E-state index is 13.0. The molecule has 1 aliphatic rings. The SMILES string of the molecule is CC(C)(C)OC(=O)N1CCc2nc(N)sc2C1Cc1cccc2ccccc12. The third kappa shape index (κ3) is 3.69. The Labute approximate surface area is 169 Å². The smallest absolute Gasteiger partial charge is 0.410 e. The highest BCUT2D eigenvalue weighted by molar-refractivity contribution is 7.15. The van der Waals surface area contributed by atoms with Crippen LogP contribution in [0.2, 0.25) is 0 Å². The van der Waals surface area contributed by atoms with Crippen LogP contribution in [0.5, 0.6) is 0 Å². The van der Waals surface area contributed by atoms with E-state index in [2.05, 4.69) is 41.4 Å². The third-order valence-corrected chi connectivity index (χ3v) is 5.96. The first-order valence-corrected chi connectivity index (χ1v) is 10.3. The zero-order chi connectivity index (χ0) is 19.9. The van der Waals surface area contributed by atoms with Gasteiger partial charge in [0.15, 0.2) is 5.13 Å². The predicted molar refractivity (Wildman–Crippen MR) is 114 cm³/mol. The molecule has 0 aliphatic carbocycles. The van der Waals surface area contributed by atoms with Gasteiger partial charge in [0.25, 0.3) is 0 Å². The van der Waals surface area contributed by atoms with Crippen molar-refractivity contribution in [1.82, 2.24) is 9.88 Å². The summed E-state index contributed by atoms with van der Waals surface area (Å²) in [6.07, 6.45) is 1.12. The highest BCUT2D eigenvalue weighted by atomic mass is 32.1. The molecule has 0 saturated heterocycles. The summed E-state index contributed by atoms with van der Waals surface area (Å²) >= 11 is 1.48. The zero-order valence-corrected chi connectivity index (χ0v) is 17.3. The first-order chi connectivity index (χ1) is 13.3. The number of rotatable bonds is 2. The van der Waals surface area contributed by atoms with Crippen LogP contribution in [0.4, 0.5) is 9.93 Å². The van der Waals surface area contributed by atoms with E-state index in [0.29, 0.717) is 24.5 Å². The van der Waals surface area contributed by atoms with Crippen molar-refractivity contribution >= 4 is 33.3 Å². The quantitative estimate of drug-likeness (QED) is 0.666. The molecule has 1 atom stereocenters. The van der Waals surface area contributed by atoms with E-state index in [-0.39, 0.29) is 12.1 Å². The number of carbonyl (C=O) groups excluding carboxylic acids is 1. The van der Waals surface area contributed by atoms with E-state index < -0.39 is 5.60 Å². The van der Waals surface area contributed by atoms with Crippen molar-refractivity contribution in [2.45, 2.75) is 45.3 Å². The molecule has 4 rings (SSSR count). The average molecular weight is 396 g/mol. The van der Waals surface area contributed by atoms with E-state index in [1.807, 2.05) is 31.7 Å². The first-order valence-electron chi connectivity index (χ1n) is 9.53. The Morgan fingerprint density at radius 1 is 1.25 bits per heavy atom. The Hall–Kier alpha value is -2.60. The summed E-state index contributed by atoms with van der Waals surface area (Å²) in [5.74, 6) is 0. The molecule has 2 N–H and O–H groups in total. The molecule has 1 unspecified atom stereocenters. The number of aromatic nitrogens is 1. The van der Waals surface area contributed by atoms with Crippen LogP contribution in [0.1, 0.15) is 42.9 Å². The molecule has 0 spiro atoms. The molecule has 0 radical (unpaired) electrons. The van der Waals surface area contributed by atoms with Crippen LogP contribution in [0, 0.1) is 0 Å². The van der Waals surface area contributed by atoms with Gasteiger partial charge in [0, 0.05) is 13.0 Å². The van der Waals surface area contributed by atoms with Gasteiger partial charge in [-0.05, 0) is 43.5 Å². The molecule has 1 aliphatic heterocycles. The Morgan fingerprint density at radius 2 is 2.00 bits per heavy atom. The molecule has 0 saturated carbocycles. The van der Waals surface area contributed by atoms with E-state index in [1.165, 1.54) is 27.7 Å². The van der Waals surface area contributed by atoms with Crippen LogP contribution < -0.4 is 5.73 Å². The van der Waals surface area contributed by atoms with Gasteiger partial charge in [-0.3, -0.25) is 4.90 Å². The van der Waals surface area contributed by atoms with Gasteiger partial charge in [-0.25, -0.2) is 9.78 Å². The number of benzene rings is 2. The maximum atomic E-state index is 13.0. The normalized spacial score (nSPS) is 16.8. The lowest BCUT2D eigenvalue weighted by molar-refractivity contribution is 0.0145. The number of thiazole rings is 1. The van der Waals surface area contributed by atoms with Crippen LogP contribution >= 0.6 is 11.3 Å². The summed E-state index contributed by atoms with van der Waals surface area (Å²) in [6, 6.07) is 14.5. The molecule has 28 heavy (non-hydrogen) atoms. The molecule has 0 fully saturated rings. The lowest BCUT2D eigenvalue weighted by Gasteiger charge is -2.36. The monoisotopic (exact) mass is 395 g/mol. The molecule has 5 nitrogen and oxygen atoms in total. The number of amides is 1. The summed E-state index contributed by atoms with van der Waals surface area (Å²) in [4.78, 5) is 20.4. The predicted octanol–water partition coefficient (Wildman–Crippen LogP) is 4.96. The summed E-state index contributed by atoms with van der Waals surface area (Å²) < 4.78 is 5.69. The second-order valence-electron chi connectivity index (χ2n) is 8.14. The molecule has 2 aromatic carbocycles. The van der Waals surface area contributed by atoms with Gasteiger partial charge in [-0.2, -0.15) is 0 Å². The molecular weight excluding hydrogens is 370 g/mol. The fourth-order valence-corrected chi connectivity index (χ4v) is 4.76. The molecule has 6 heteroatoms. The maximum Gasteiger partial charge on any atom is 0.410 e. The van der Waals surface area contributed by atoms with Crippen molar-refractivity contribution < 1.29 is 9.53 Å². The molecule has 3 aromatic rings. The summed E-state index contributed by atoms with van der Waals surface area (Å²) in [6.45, 7) is 6.26. The number of nitrogen functional groups attached to an aromatic ring is 1. The Kier molecular flexibility index (Phi) is 4.75. The second-order valence-corrected chi connectivity index (χ2v) is 9.21. The van der Waals surface area contributed by atoms with Crippen LogP contribution in [0.3, 0.4) is 0 Å². The minimum absolute atomic E-state index is 0.126. The van der Waals surface area contributed by atoms with Gasteiger partial charge in [0.2, 0.25) is 0 Å². The molecule has 2 heterocycles. The lowest BCUT2D eigenvalue weighted by Crippen LogP contribution is -2.43. The summed E-state index contributed by atoms with van der Waals surface area (Å²) in [5.41, 5.74) is 7.68. The van der Waals surface area contributed by atoms with Gasteiger partial charge in [-0.15, -0.1) is 0 Å². The first kappa shape index (κ1) is 18.7. The van der Waals surface area contributed by atoms with Gasteiger partial charge < -0.3 is 10.5 Å². The van der Waals surface area contributed by atoms with Gasteiger partial charge in [0.1, 0.15) is 5.60 Å². The molecule has 0 bridgehead atoms. The summed E-state index contributed by atoms with van der Waals surface area (Å²) in [5, 5.41) is 2.96. The minimum Gasteiger partial charge on any atom is -0.444 e. The van der Waals surface area contributed by atoms with Crippen LogP contribution in [-0.2, 0) is 17.6 Å². The van der Waals surface area contributed by atoms with Gasteiger partial charge in [-0.1, -0.05) is 53.8 Å². The highest BCUT2D eigenvalue weighted by Crippen LogP contribution is 2.39.